The van der Waals surface area contributed by atoms with E-state index in [1.54, 1.807) is 34.0 Å². The highest BCUT2D eigenvalue weighted by Gasteiger charge is 2.34. The second-order valence-electron chi connectivity index (χ2n) is 14.3. The number of aliphatic carboxylic acids is 3. The maximum Gasteiger partial charge on any atom is 0.325 e. The molecule has 324 valence electrons. The number of hydrogen-bond donors (Lipinski definition) is 11. The SMILES string of the molecule is CSCC[C@H](NC(=O)[C@@H](NC(C)=O)C(C)C)C(=O)N[C@@H](CC(C)C)C(O)CC(=O)N[C@@H](CC(=O)O)C(=O)N[C@@H](C)C(=O)N[C@@H](CCC(=O)O)C(=O)N[C@@H](C)C(=O)O. The van der Waals surface area contributed by atoms with Crippen LogP contribution in [0.15, 0.2) is 0 Å². The van der Waals surface area contributed by atoms with Gasteiger partial charge in [-0.25, -0.2) is 0 Å². The molecule has 0 aromatic carbocycles. The van der Waals surface area contributed by atoms with Crippen LogP contribution in [0.5, 0.6) is 0 Å². The van der Waals surface area contributed by atoms with Crippen molar-refractivity contribution in [1.29, 1.82) is 0 Å². The summed E-state index contributed by atoms with van der Waals surface area (Å²) >= 11 is 1.42. The zero-order valence-corrected chi connectivity index (χ0v) is 34.3. The lowest BCUT2D eigenvalue weighted by atomic mass is 9.96. The lowest BCUT2D eigenvalue weighted by Crippen LogP contribution is -2.58. The molecule has 1 unspecified atom stereocenters. The minimum Gasteiger partial charge on any atom is -0.481 e. The van der Waals surface area contributed by atoms with E-state index in [9.17, 15) is 58.2 Å². The van der Waals surface area contributed by atoms with E-state index in [1.807, 2.05) is 0 Å². The second-order valence-corrected chi connectivity index (χ2v) is 15.3. The van der Waals surface area contributed by atoms with Gasteiger partial charge in [0.2, 0.25) is 41.4 Å². The lowest BCUT2D eigenvalue weighted by molar-refractivity contribution is -0.142. The summed E-state index contributed by atoms with van der Waals surface area (Å²) < 4.78 is 0. The number of carboxylic acids is 3. The van der Waals surface area contributed by atoms with Crippen LogP contribution in [0.3, 0.4) is 0 Å². The Morgan fingerprint density at radius 3 is 1.60 bits per heavy atom. The fraction of sp³-hybridized carbons (Fsp3) is 0.714. The van der Waals surface area contributed by atoms with E-state index in [2.05, 4.69) is 37.2 Å². The zero-order valence-electron chi connectivity index (χ0n) is 33.5. The summed E-state index contributed by atoms with van der Waals surface area (Å²) in [6, 6.07) is -9.22. The van der Waals surface area contributed by atoms with Crippen molar-refractivity contribution >= 4 is 71.0 Å². The molecule has 11 N–H and O–H groups in total. The average Bonchev–Trinajstić information content (AvgIpc) is 3.08. The van der Waals surface area contributed by atoms with Crippen molar-refractivity contribution in [2.75, 3.05) is 12.0 Å². The Balaban J connectivity index is 5.92. The Morgan fingerprint density at radius 2 is 1.11 bits per heavy atom. The van der Waals surface area contributed by atoms with E-state index in [0.717, 1.165) is 13.8 Å². The van der Waals surface area contributed by atoms with E-state index >= 15 is 0 Å². The molecule has 0 aromatic rings. The number of aliphatic hydroxyl groups excluding tert-OH is 1. The zero-order chi connectivity index (χ0) is 44.2. The van der Waals surface area contributed by atoms with Crippen LogP contribution >= 0.6 is 11.8 Å². The normalized spacial score (nSPS) is 15.3. The third-order valence-electron chi connectivity index (χ3n) is 8.26. The van der Waals surface area contributed by atoms with Crippen molar-refractivity contribution < 1.29 is 68.4 Å². The summed E-state index contributed by atoms with van der Waals surface area (Å²) in [5, 5.41) is 55.3. The Morgan fingerprint density at radius 1 is 0.579 bits per heavy atom. The van der Waals surface area contributed by atoms with Gasteiger partial charge in [0.05, 0.1) is 25.0 Å². The maximum absolute atomic E-state index is 13.5. The summed E-state index contributed by atoms with van der Waals surface area (Å²) in [6.45, 7) is 10.6. The maximum atomic E-state index is 13.5. The lowest BCUT2D eigenvalue weighted by Gasteiger charge is -2.29. The molecule has 0 saturated carbocycles. The number of thioether (sulfide) groups is 1. The van der Waals surface area contributed by atoms with Gasteiger partial charge in [0.1, 0.15) is 36.3 Å². The molecule has 0 rings (SSSR count). The summed E-state index contributed by atoms with van der Waals surface area (Å²) in [5.41, 5.74) is 0. The first-order valence-electron chi connectivity index (χ1n) is 18.3. The molecular weight excluding hydrogens is 774 g/mol. The quantitative estimate of drug-likeness (QED) is 0.0429. The second kappa shape index (κ2) is 26.0. The van der Waals surface area contributed by atoms with Gasteiger partial charge in [-0.05, 0) is 57.0 Å². The van der Waals surface area contributed by atoms with E-state index in [-0.39, 0.29) is 24.7 Å². The monoisotopic (exact) mass is 833 g/mol. The van der Waals surface area contributed by atoms with Crippen LogP contribution in [0.25, 0.3) is 0 Å². The highest BCUT2D eigenvalue weighted by Crippen LogP contribution is 2.14. The molecule has 21 nitrogen and oxygen atoms in total. The summed E-state index contributed by atoms with van der Waals surface area (Å²) in [5.74, 6) is -10.1. The molecule has 0 aliphatic heterocycles. The average molecular weight is 834 g/mol. The number of aliphatic hydroxyl groups is 1. The van der Waals surface area contributed by atoms with E-state index in [4.69, 9.17) is 10.2 Å². The fourth-order valence-electron chi connectivity index (χ4n) is 5.18. The van der Waals surface area contributed by atoms with Crippen LogP contribution in [0.4, 0.5) is 0 Å². The van der Waals surface area contributed by atoms with Crippen molar-refractivity contribution in [3.8, 4) is 0 Å². The first kappa shape index (κ1) is 52.0. The van der Waals surface area contributed by atoms with Crippen molar-refractivity contribution in [3.05, 3.63) is 0 Å². The number of carboxylic acid groups (broad SMARTS) is 3. The standard InChI is InChI=1S/C35H59N7O14S/c1-16(2)13-23(42-32(52)22(11-12-57-8)41-34(54)29(17(3)4)38-20(7)43)25(44)15-26(45)39-24(14-28(48)49)33(53)36-18(5)30(50)40-21(9-10-27(46)47)31(51)37-19(6)35(55)56/h16-19,21-25,29,44H,9-15H2,1-8H3,(H,36,53)(H,37,51)(H,38,43)(H,39,45)(H,40,50)(H,41,54)(H,42,52)(H,46,47)(H,48,49)(H,55,56)/t18-,19-,21-,22-,23-,24-,25?,29-/m0/s1. The Bertz CT molecular complexity index is 1450. The molecule has 0 saturated heterocycles. The van der Waals surface area contributed by atoms with Gasteiger partial charge in [-0.15, -0.1) is 0 Å². The third-order valence-corrected chi connectivity index (χ3v) is 8.90. The Kier molecular flexibility index (Phi) is 23.7. The third kappa shape index (κ3) is 21.2. The van der Waals surface area contributed by atoms with Gasteiger partial charge in [-0.2, -0.15) is 11.8 Å². The summed E-state index contributed by atoms with van der Waals surface area (Å²) in [6.07, 6.45) is -2.11. The highest BCUT2D eigenvalue weighted by atomic mass is 32.2. The van der Waals surface area contributed by atoms with Gasteiger partial charge in [-0.3, -0.25) is 47.9 Å². The van der Waals surface area contributed by atoms with Crippen LogP contribution in [0, 0.1) is 11.8 Å². The number of nitrogens with one attached hydrogen (secondary N) is 7. The minimum absolute atomic E-state index is 0.120. The first-order chi connectivity index (χ1) is 26.4. The van der Waals surface area contributed by atoms with Gasteiger partial charge in [-0.1, -0.05) is 27.7 Å². The molecule has 0 fully saturated rings. The topological polar surface area (TPSA) is 336 Å². The molecule has 8 atom stereocenters. The van der Waals surface area contributed by atoms with Crippen LogP contribution in [0.1, 0.15) is 87.0 Å². The molecular formula is C35H59N7O14S. The van der Waals surface area contributed by atoms with Crippen molar-refractivity contribution in [3.63, 3.8) is 0 Å². The predicted octanol–water partition coefficient (Wildman–Crippen LogP) is -1.93. The predicted molar refractivity (Wildman–Crippen MR) is 205 cm³/mol. The summed E-state index contributed by atoms with van der Waals surface area (Å²) in [4.78, 5) is 124. The van der Waals surface area contributed by atoms with Crippen LogP contribution in [-0.4, -0.2) is 140 Å². The number of rotatable bonds is 27. The van der Waals surface area contributed by atoms with Crippen molar-refractivity contribution in [2.45, 2.75) is 135 Å². The van der Waals surface area contributed by atoms with Crippen molar-refractivity contribution in [2.24, 2.45) is 11.8 Å². The summed E-state index contributed by atoms with van der Waals surface area (Å²) in [7, 11) is 0. The molecule has 0 aromatic heterocycles. The van der Waals surface area contributed by atoms with Crippen LogP contribution < -0.4 is 37.2 Å². The number of carbonyl (C=O) groups is 10. The highest BCUT2D eigenvalue weighted by molar-refractivity contribution is 7.98. The van der Waals surface area contributed by atoms with Gasteiger partial charge in [0.15, 0.2) is 0 Å². The van der Waals surface area contributed by atoms with Gasteiger partial charge in [0.25, 0.3) is 0 Å². The van der Waals surface area contributed by atoms with Crippen LogP contribution in [-0.2, 0) is 47.9 Å². The Labute approximate surface area is 335 Å². The fourth-order valence-corrected chi connectivity index (χ4v) is 5.65. The van der Waals surface area contributed by atoms with E-state index in [1.165, 1.54) is 18.7 Å². The number of hydrogen-bond acceptors (Lipinski definition) is 12. The molecule has 0 heterocycles. The van der Waals surface area contributed by atoms with E-state index < -0.39 is 133 Å². The van der Waals surface area contributed by atoms with Crippen molar-refractivity contribution in [1.82, 2.24) is 37.2 Å². The molecule has 0 bridgehead atoms. The molecule has 0 aliphatic carbocycles. The molecule has 0 aliphatic rings. The molecule has 22 heteroatoms. The first-order valence-corrected chi connectivity index (χ1v) is 19.7. The minimum atomic E-state index is -1.78. The van der Waals surface area contributed by atoms with Gasteiger partial charge >= 0.3 is 17.9 Å². The Hall–Kier alpha value is -4.99. The molecule has 0 spiro atoms. The molecule has 7 amide bonds. The van der Waals surface area contributed by atoms with Crippen LogP contribution in [0.2, 0.25) is 0 Å². The molecule has 57 heavy (non-hydrogen) atoms. The number of amides is 7. The van der Waals surface area contributed by atoms with E-state index in [0.29, 0.717) is 5.75 Å². The van der Waals surface area contributed by atoms with Gasteiger partial charge < -0.3 is 57.6 Å². The molecule has 0 radical (unpaired) electrons. The number of carbonyl (C=O) groups excluding carboxylic acids is 7. The van der Waals surface area contributed by atoms with Gasteiger partial charge in [0, 0.05) is 13.3 Å². The smallest absolute Gasteiger partial charge is 0.325 e. The largest absolute Gasteiger partial charge is 0.481 e.